The number of esters is 1. The highest BCUT2D eigenvalue weighted by Gasteiger charge is 2.16. The number of H-pyrrole nitrogens is 1. The molecule has 0 spiro atoms. The molecule has 0 saturated heterocycles. The predicted molar refractivity (Wildman–Crippen MR) is 56.0 cm³/mol. The molecule has 0 fully saturated rings. The highest BCUT2D eigenvalue weighted by Crippen LogP contribution is 2.21. The second-order valence-corrected chi connectivity index (χ2v) is 3.67. The van der Waals surface area contributed by atoms with E-state index in [1.165, 1.54) is 11.5 Å². The predicted octanol–water partition coefficient (Wildman–Crippen LogP) is 0.808. The second-order valence-electron chi connectivity index (χ2n) is 2.92. The zero-order valence-electron chi connectivity index (χ0n) is 8.72. The van der Waals surface area contributed by atoms with Gasteiger partial charge in [-0.3, -0.25) is 5.10 Å². The van der Waals surface area contributed by atoms with Gasteiger partial charge in [-0.25, -0.2) is 9.78 Å². The number of aryl methyl sites for hydroxylation is 1. The second kappa shape index (κ2) is 4.35. The van der Waals surface area contributed by atoms with E-state index >= 15 is 0 Å². The Hall–Kier alpha value is -1.83. The van der Waals surface area contributed by atoms with Crippen molar-refractivity contribution in [2.24, 2.45) is 0 Å². The van der Waals surface area contributed by atoms with E-state index in [1.807, 2.05) is 6.92 Å². The number of aromatic nitrogens is 5. The summed E-state index contributed by atoms with van der Waals surface area (Å²) < 4.78 is 8.55. The van der Waals surface area contributed by atoms with E-state index in [0.717, 1.165) is 10.6 Å². The van der Waals surface area contributed by atoms with E-state index < -0.39 is 5.97 Å². The highest BCUT2D eigenvalue weighted by molar-refractivity contribution is 7.09. The van der Waals surface area contributed by atoms with Crippen LogP contribution in [0.4, 0.5) is 0 Å². The summed E-state index contributed by atoms with van der Waals surface area (Å²) in [4.78, 5) is 16.1. The maximum atomic E-state index is 11.3. The van der Waals surface area contributed by atoms with Crippen LogP contribution >= 0.6 is 11.5 Å². The van der Waals surface area contributed by atoms with E-state index in [1.54, 1.807) is 6.92 Å². The van der Waals surface area contributed by atoms with Crippen molar-refractivity contribution in [3.63, 3.8) is 0 Å². The summed E-state index contributed by atoms with van der Waals surface area (Å²) in [6.45, 7) is 3.83. The number of nitrogens with one attached hydrogen (secondary N) is 1. The molecule has 0 amide bonds. The fourth-order valence-corrected chi connectivity index (χ4v) is 1.69. The molecule has 0 saturated carbocycles. The zero-order valence-corrected chi connectivity index (χ0v) is 9.54. The van der Waals surface area contributed by atoms with Gasteiger partial charge in [0.2, 0.25) is 0 Å². The zero-order chi connectivity index (χ0) is 11.5. The van der Waals surface area contributed by atoms with Crippen molar-refractivity contribution in [3.8, 4) is 10.7 Å². The third-order valence-corrected chi connectivity index (χ3v) is 2.64. The maximum absolute atomic E-state index is 11.3. The van der Waals surface area contributed by atoms with E-state index in [2.05, 4.69) is 24.8 Å². The Morgan fingerprint density at radius 1 is 1.56 bits per heavy atom. The molecule has 0 aliphatic rings. The lowest BCUT2D eigenvalue weighted by molar-refractivity contribution is 0.0512. The molecule has 0 atom stereocenters. The van der Waals surface area contributed by atoms with Gasteiger partial charge < -0.3 is 4.74 Å². The third-order valence-electron chi connectivity index (χ3n) is 1.81. The largest absolute Gasteiger partial charge is 0.460 e. The van der Waals surface area contributed by atoms with Gasteiger partial charge in [-0.05, 0) is 25.4 Å². The first-order valence-corrected chi connectivity index (χ1v) is 5.38. The van der Waals surface area contributed by atoms with E-state index in [-0.39, 0.29) is 5.82 Å². The molecule has 8 heteroatoms. The van der Waals surface area contributed by atoms with Gasteiger partial charge >= 0.3 is 5.97 Å². The molecule has 0 aromatic carbocycles. The van der Waals surface area contributed by atoms with Crippen LogP contribution in [-0.4, -0.2) is 37.3 Å². The maximum Gasteiger partial charge on any atom is 0.378 e. The van der Waals surface area contributed by atoms with Crippen molar-refractivity contribution in [2.45, 2.75) is 13.8 Å². The van der Waals surface area contributed by atoms with Crippen molar-refractivity contribution >= 4 is 17.5 Å². The van der Waals surface area contributed by atoms with Crippen LogP contribution in [0, 0.1) is 6.92 Å². The first-order chi connectivity index (χ1) is 7.72. The van der Waals surface area contributed by atoms with Gasteiger partial charge in [0.1, 0.15) is 4.88 Å². The molecule has 2 heterocycles. The molecular formula is C8H9N5O2S. The Morgan fingerprint density at radius 3 is 3.00 bits per heavy atom. The molecule has 84 valence electrons. The molecule has 2 aromatic rings. The minimum absolute atomic E-state index is 0.0182. The Balaban J connectivity index is 2.26. The van der Waals surface area contributed by atoms with Crippen molar-refractivity contribution < 1.29 is 9.53 Å². The van der Waals surface area contributed by atoms with Crippen LogP contribution in [0.1, 0.15) is 23.2 Å². The summed E-state index contributed by atoms with van der Waals surface area (Å²) in [7, 11) is 0. The Morgan fingerprint density at radius 2 is 2.38 bits per heavy atom. The average molecular weight is 239 g/mol. The SMILES string of the molecule is CCOC(=O)c1n[nH]c(-c2snnc2C)n1. The molecule has 7 nitrogen and oxygen atoms in total. The number of hydrogen-bond acceptors (Lipinski definition) is 7. The molecule has 16 heavy (non-hydrogen) atoms. The minimum Gasteiger partial charge on any atom is -0.460 e. The number of nitrogens with zero attached hydrogens (tertiary/aromatic N) is 4. The highest BCUT2D eigenvalue weighted by atomic mass is 32.1. The van der Waals surface area contributed by atoms with Gasteiger partial charge in [-0.2, -0.15) is 0 Å². The fourth-order valence-electron chi connectivity index (χ4n) is 1.10. The monoisotopic (exact) mass is 239 g/mol. The number of hydrogen-bond donors (Lipinski definition) is 1. The summed E-state index contributed by atoms with van der Waals surface area (Å²) in [5.74, 6) is -0.0414. The first-order valence-electron chi connectivity index (χ1n) is 4.61. The summed E-state index contributed by atoms with van der Waals surface area (Å²) >= 11 is 1.19. The lowest BCUT2D eigenvalue weighted by Crippen LogP contribution is -2.06. The topological polar surface area (TPSA) is 93.7 Å². The van der Waals surface area contributed by atoms with Crippen LogP contribution in [-0.2, 0) is 4.74 Å². The van der Waals surface area contributed by atoms with Gasteiger partial charge in [-0.15, -0.1) is 10.2 Å². The summed E-state index contributed by atoms with van der Waals surface area (Å²) in [5, 5.41) is 10.3. The molecule has 0 aliphatic heterocycles. The number of carbonyl (C=O) groups excluding carboxylic acids is 1. The molecule has 0 aliphatic carbocycles. The van der Waals surface area contributed by atoms with E-state index in [0.29, 0.717) is 12.4 Å². The van der Waals surface area contributed by atoms with Crippen LogP contribution in [0.3, 0.4) is 0 Å². The van der Waals surface area contributed by atoms with Gasteiger partial charge in [0.25, 0.3) is 5.82 Å². The molecular weight excluding hydrogens is 230 g/mol. The van der Waals surface area contributed by atoms with Crippen LogP contribution in [0.5, 0.6) is 0 Å². The Labute approximate surface area is 95.0 Å². The minimum atomic E-state index is -0.542. The first kappa shape index (κ1) is 10.7. The molecule has 2 rings (SSSR count). The van der Waals surface area contributed by atoms with Crippen molar-refractivity contribution in [1.82, 2.24) is 24.8 Å². The fraction of sp³-hybridized carbons (Fsp3) is 0.375. The van der Waals surface area contributed by atoms with Crippen molar-refractivity contribution in [2.75, 3.05) is 6.61 Å². The summed E-state index contributed by atoms with van der Waals surface area (Å²) in [6.07, 6.45) is 0. The standard InChI is InChI=1S/C8H9N5O2S/c1-3-15-8(14)7-9-6(11-12-7)5-4(2)10-13-16-5/h3H2,1-2H3,(H,9,11,12). The summed E-state index contributed by atoms with van der Waals surface area (Å²) in [6, 6.07) is 0. The summed E-state index contributed by atoms with van der Waals surface area (Å²) in [5.41, 5.74) is 0.747. The number of carbonyl (C=O) groups is 1. The number of aromatic amines is 1. The van der Waals surface area contributed by atoms with Crippen molar-refractivity contribution in [3.05, 3.63) is 11.5 Å². The smallest absolute Gasteiger partial charge is 0.378 e. The lowest BCUT2D eigenvalue weighted by Gasteiger charge is -1.94. The molecule has 0 unspecified atom stereocenters. The van der Waals surface area contributed by atoms with Gasteiger partial charge in [0, 0.05) is 0 Å². The van der Waals surface area contributed by atoms with E-state index in [4.69, 9.17) is 4.74 Å². The molecule has 0 radical (unpaired) electrons. The van der Waals surface area contributed by atoms with Crippen LogP contribution in [0.15, 0.2) is 0 Å². The number of ether oxygens (including phenoxy) is 1. The van der Waals surface area contributed by atoms with Crippen LogP contribution in [0.25, 0.3) is 10.7 Å². The Kier molecular flexibility index (Phi) is 2.91. The quantitative estimate of drug-likeness (QED) is 0.796. The molecule has 1 N–H and O–H groups in total. The van der Waals surface area contributed by atoms with Gasteiger partial charge in [0.05, 0.1) is 12.3 Å². The Bertz CT molecular complexity index is 506. The van der Waals surface area contributed by atoms with Crippen molar-refractivity contribution in [1.29, 1.82) is 0 Å². The van der Waals surface area contributed by atoms with Gasteiger partial charge in [0.15, 0.2) is 5.82 Å². The third kappa shape index (κ3) is 1.91. The van der Waals surface area contributed by atoms with Crippen LogP contribution < -0.4 is 0 Å². The van der Waals surface area contributed by atoms with E-state index in [9.17, 15) is 4.79 Å². The lowest BCUT2D eigenvalue weighted by atomic mass is 10.4. The number of rotatable bonds is 3. The van der Waals surface area contributed by atoms with Crippen LogP contribution in [0.2, 0.25) is 0 Å². The molecule has 2 aromatic heterocycles. The van der Waals surface area contributed by atoms with Gasteiger partial charge in [-0.1, -0.05) is 4.49 Å². The molecule has 0 bridgehead atoms. The average Bonchev–Trinajstić information content (AvgIpc) is 2.86. The normalized spacial score (nSPS) is 10.4.